The van der Waals surface area contributed by atoms with Crippen LogP contribution in [0, 0.1) is 0 Å². The first-order valence-electron chi connectivity index (χ1n) is 10.6. The number of nitrogens with zero attached hydrogens (tertiary/aromatic N) is 2. The fourth-order valence-corrected chi connectivity index (χ4v) is 6.90. The van der Waals surface area contributed by atoms with Gasteiger partial charge in [0.2, 0.25) is 5.91 Å². The highest BCUT2D eigenvalue weighted by Gasteiger charge is 2.37. The molecule has 3 N–H and O–H groups in total. The van der Waals surface area contributed by atoms with Gasteiger partial charge in [0.05, 0.1) is 11.4 Å². The number of Topliss-reactive ketones (excluding diaryl/α,β-unsaturated/α-hetero) is 1. The number of nitrogen functional groups attached to an aromatic ring is 1. The molecule has 1 saturated heterocycles. The number of hydrogen-bond donors (Lipinski definition) is 2. The van der Waals surface area contributed by atoms with Crippen LogP contribution < -0.4 is 10.5 Å². The van der Waals surface area contributed by atoms with E-state index in [0.29, 0.717) is 58.4 Å². The Labute approximate surface area is 209 Å². The second kappa shape index (κ2) is 9.73. The van der Waals surface area contributed by atoms with Gasteiger partial charge >= 0.3 is 10.2 Å². The van der Waals surface area contributed by atoms with Gasteiger partial charge in [0.15, 0.2) is 5.78 Å². The van der Waals surface area contributed by atoms with E-state index in [1.165, 1.54) is 4.31 Å². The number of anilines is 2. The fourth-order valence-electron chi connectivity index (χ4n) is 4.20. The molecular formula is C22H24Br2N4O4S. The number of piperidine rings is 1. The van der Waals surface area contributed by atoms with Gasteiger partial charge in [-0.2, -0.15) is 12.7 Å². The topological polar surface area (TPSA) is 113 Å². The average Bonchev–Trinajstić information content (AvgIpc) is 2.79. The lowest BCUT2D eigenvalue weighted by molar-refractivity contribution is -0.132. The number of rotatable bonds is 5. The highest BCUT2D eigenvalue weighted by Crippen LogP contribution is 2.32. The van der Waals surface area contributed by atoms with E-state index in [2.05, 4.69) is 36.6 Å². The Morgan fingerprint density at radius 1 is 1.06 bits per heavy atom. The van der Waals surface area contributed by atoms with Gasteiger partial charge in [-0.25, -0.2) is 0 Å². The Morgan fingerprint density at radius 2 is 1.70 bits per heavy atom. The second-order valence-corrected chi connectivity index (χ2v) is 11.5. The first kappa shape index (κ1) is 24.2. The molecule has 0 spiro atoms. The van der Waals surface area contributed by atoms with Crippen LogP contribution in [0.15, 0.2) is 45.3 Å². The van der Waals surface area contributed by atoms with Crippen molar-refractivity contribution >= 4 is 65.1 Å². The second-order valence-electron chi connectivity index (χ2n) is 8.20. The molecule has 2 aromatic carbocycles. The summed E-state index contributed by atoms with van der Waals surface area (Å²) in [6.07, 6.45) is 1.32. The molecule has 0 saturated carbocycles. The Hall–Kier alpha value is -1.95. The van der Waals surface area contributed by atoms with Crippen molar-refractivity contribution in [3.8, 4) is 0 Å². The fraction of sp³-hybridized carbons (Fsp3) is 0.364. The van der Waals surface area contributed by atoms with E-state index in [0.717, 1.165) is 5.56 Å². The number of para-hydroxylation sites is 1. The van der Waals surface area contributed by atoms with Gasteiger partial charge in [-0.1, -0.05) is 18.2 Å². The lowest BCUT2D eigenvalue weighted by Crippen LogP contribution is -2.51. The van der Waals surface area contributed by atoms with Gasteiger partial charge in [-0.05, 0) is 68.5 Å². The predicted molar refractivity (Wildman–Crippen MR) is 134 cm³/mol. The van der Waals surface area contributed by atoms with Crippen molar-refractivity contribution in [2.45, 2.75) is 38.3 Å². The first-order valence-corrected chi connectivity index (χ1v) is 13.6. The first-order chi connectivity index (χ1) is 15.7. The zero-order valence-electron chi connectivity index (χ0n) is 17.8. The Kier molecular flexibility index (Phi) is 7.13. The van der Waals surface area contributed by atoms with Gasteiger partial charge in [0.25, 0.3) is 0 Å². The van der Waals surface area contributed by atoms with Crippen molar-refractivity contribution in [3.63, 3.8) is 0 Å². The van der Waals surface area contributed by atoms with Crippen molar-refractivity contribution in [1.82, 2.24) is 9.21 Å². The third kappa shape index (κ3) is 5.26. The molecule has 0 unspecified atom stereocenters. The number of nitrogens with two attached hydrogens (primary N) is 1. The van der Waals surface area contributed by atoms with E-state index in [1.807, 2.05) is 12.1 Å². The smallest absolute Gasteiger partial charge is 0.302 e. The van der Waals surface area contributed by atoms with Crippen LogP contribution in [0.25, 0.3) is 0 Å². The highest BCUT2D eigenvalue weighted by molar-refractivity contribution is 9.11. The number of benzene rings is 2. The Morgan fingerprint density at radius 3 is 2.36 bits per heavy atom. The van der Waals surface area contributed by atoms with Crippen LogP contribution in [0.3, 0.4) is 0 Å². The van der Waals surface area contributed by atoms with Crippen molar-refractivity contribution in [2.24, 2.45) is 0 Å². The number of amides is 1. The van der Waals surface area contributed by atoms with Crippen LogP contribution in [0.5, 0.6) is 0 Å². The molecule has 11 heteroatoms. The number of hydrogen-bond acceptors (Lipinski definition) is 5. The van der Waals surface area contributed by atoms with Crippen LogP contribution in [0.1, 0.15) is 41.6 Å². The summed E-state index contributed by atoms with van der Waals surface area (Å²) in [4.78, 5) is 27.0. The molecule has 0 aliphatic carbocycles. The minimum Gasteiger partial charge on any atom is -0.397 e. The van der Waals surface area contributed by atoms with E-state index >= 15 is 0 Å². The van der Waals surface area contributed by atoms with Gasteiger partial charge in [0.1, 0.15) is 0 Å². The molecule has 0 aromatic heterocycles. The molecule has 33 heavy (non-hydrogen) atoms. The number of nitrogens with one attached hydrogen (secondary N) is 1. The molecule has 0 radical (unpaired) electrons. The maximum Gasteiger partial charge on any atom is 0.302 e. The molecule has 8 nitrogen and oxygen atoms in total. The highest BCUT2D eigenvalue weighted by atomic mass is 79.9. The third-order valence-electron chi connectivity index (χ3n) is 6.08. The van der Waals surface area contributed by atoms with Gasteiger partial charge < -0.3 is 10.6 Å². The SMILES string of the molecule is Nc1c(Br)cc(C(=O)CCC(=O)N2CCC(N3Cc4ccccc4NS3(=O)=O)CC2)cc1Br. The van der Waals surface area contributed by atoms with Crippen LogP contribution in [0.2, 0.25) is 0 Å². The monoisotopic (exact) mass is 598 g/mol. The number of carbonyl (C=O) groups is 2. The minimum absolute atomic E-state index is 0.0969. The molecule has 2 aliphatic heterocycles. The zero-order chi connectivity index (χ0) is 23.8. The molecule has 0 atom stereocenters. The average molecular weight is 600 g/mol. The summed E-state index contributed by atoms with van der Waals surface area (Å²) < 4.78 is 30.8. The molecule has 4 rings (SSSR count). The maximum absolute atomic E-state index is 12.7. The van der Waals surface area contributed by atoms with E-state index in [9.17, 15) is 18.0 Å². The van der Waals surface area contributed by atoms with Crippen molar-refractivity contribution in [1.29, 1.82) is 0 Å². The summed E-state index contributed by atoms with van der Waals surface area (Å²) in [5.41, 5.74) is 8.42. The molecule has 1 amide bonds. The summed E-state index contributed by atoms with van der Waals surface area (Å²) in [7, 11) is -3.62. The number of likely N-dealkylation sites (tertiary alicyclic amines) is 1. The largest absolute Gasteiger partial charge is 0.397 e. The number of fused-ring (bicyclic) bond motifs is 1. The normalized spacial score (nSPS) is 18.4. The summed E-state index contributed by atoms with van der Waals surface area (Å²) in [5, 5.41) is 0. The van der Waals surface area contributed by atoms with E-state index in [-0.39, 0.29) is 30.6 Å². The number of ketones is 1. The Balaban J connectivity index is 1.32. The number of halogens is 2. The van der Waals surface area contributed by atoms with E-state index in [4.69, 9.17) is 5.73 Å². The van der Waals surface area contributed by atoms with Gasteiger partial charge in [-0.15, -0.1) is 0 Å². The standard InChI is InChI=1S/C22H24Br2N4O4S/c23-17-11-15(12-18(24)22(17)25)20(29)5-6-21(30)27-9-7-16(8-10-27)28-13-14-3-1-2-4-19(14)26-33(28,31)32/h1-4,11-12,16,26H,5-10,13,25H2. The molecule has 1 fully saturated rings. The van der Waals surface area contributed by atoms with Crippen molar-refractivity contribution < 1.29 is 18.0 Å². The third-order valence-corrected chi connectivity index (χ3v) is 8.92. The molecular weight excluding hydrogens is 576 g/mol. The van der Waals surface area contributed by atoms with Gasteiger partial charge in [-0.3, -0.25) is 14.3 Å². The molecule has 2 aromatic rings. The minimum atomic E-state index is -3.62. The lowest BCUT2D eigenvalue weighted by atomic mass is 10.0. The van der Waals surface area contributed by atoms with E-state index in [1.54, 1.807) is 29.2 Å². The summed E-state index contributed by atoms with van der Waals surface area (Å²) in [6.45, 7) is 1.25. The molecule has 2 aliphatic rings. The van der Waals surface area contributed by atoms with Crippen LogP contribution in [0.4, 0.5) is 11.4 Å². The van der Waals surface area contributed by atoms with Crippen LogP contribution in [-0.2, 0) is 21.5 Å². The van der Waals surface area contributed by atoms with Gasteiger partial charge in [0, 0.05) is 53.0 Å². The van der Waals surface area contributed by atoms with Crippen LogP contribution >= 0.6 is 31.9 Å². The van der Waals surface area contributed by atoms with Crippen molar-refractivity contribution in [2.75, 3.05) is 23.5 Å². The zero-order valence-corrected chi connectivity index (χ0v) is 21.7. The summed E-state index contributed by atoms with van der Waals surface area (Å²) in [6, 6.07) is 10.5. The quantitative estimate of drug-likeness (QED) is 0.399. The lowest BCUT2D eigenvalue weighted by Gasteiger charge is -2.39. The van der Waals surface area contributed by atoms with Crippen molar-refractivity contribution in [3.05, 3.63) is 56.5 Å². The summed E-state index contributed by atoms with van der Waals surface area (Å²) in [5.74, 6) is -0.232. The Bertz CT molecular complexity index is 1170. The van der Waals surface area contributed by atoms with E-state index < -0.39 is 10.2 Å². The predicted octanol–water partition coefficient (Wildman–Crippen LogP) is 3.92. The van der Waals surface area contributed by atoms with Crippen LogP contribution in [-0.4, -0.2) is 48.4 Å². The molecule has 2 heterocycles. The molecule has 0 bridgehead atoms. The summed E-state index contributed by atoms with van der Waals surface area (Å²) >= 11 is 6.66. The number of carbonyl (C=O) groups excluding carboxylic acids is 2. The molecule has 176 valence electrons. The maximum atomic E-state index is 12.7.